The van der Waals surface area contributed by atoms with Crippen LogP contribution in [0.25, 0.3) is 0 Å². The van der Waals surface area contributed by atoms with E-state index in [1.807, 2.05) is 20.8 Å². The Kier molecular flexibility index (Phi) is 7.95. The van der Waals surface area contributed by atoms with E-state index >= 15 is 0 Å². The van der Waals surface area contributed by atoms with Gasteiger partial charge in [0, 0.05) is 26.3 Å². The van der Waals surface area contributed by atoms with E-state index in [0.29, 0.717) is 6.61 Å². The maximum atomic E-state index is 11.6. The topological polar surface area (TPSA) is 70.6 Å². The summed E-state index contributed by atoms with van der Waals surface area (Å²) >= 11 is 0. The lowest BCUT2D eigenvalue weighted by Crippen LogP contribution is -2.49. The average Bonchev–Trinajstić information content (AvgIpc) is 2.32. The van der Waals surface area contributed by atoms with Crippen LogP contribution in [0, 0.1) is 5.92 Å². The predicted molar refractivity (Wildman–Crippen MR) is 72.6 cm³/mol. The van der Waals surface area contributed by atoms with E-state index < -0.39 is 5.60 Å². The summed E-state index contributed by atoms with van der Waals surface area (Å²) in [5.41, 5.74) is -0.873. The minimum atomic E-state index is -0.873. The first kappa shape index (κ1) is 17.2. The van der Waals surface area contributed by atoms with Gasteiger partial charge in [0.25, 0.3) is 0 Å². The molecule has 0 aromatic rings. The van der Waals surface area contributed by atoms with Gasteiger partial charge in [-0.1, -0.05) is 20.3 Å². The van der Waals surface area contributed by atoms with E-state index in [-0.39, 0.29) is 24.5 Å². The quantitative estimate of drug-likeness (QED) is 0.619. The van der Waals surface area contributed by atoms with Crippen molar-refractivity contribution in [1.82, 2.24) is 10.6 Å². The lowest BCUT2D eigenvalue weighted by molar-refractivity contribution is 0.00782. The van der Waals surface area contributed by atoms with Crippen LogP contribution in [0.4, 0.5) is 4.79 Å². The first-order chi connectivity index (χ1) is 8.33. The van der Waals surface area contributed by atoms with Gasteiger partial charge in [0.15, 0.2) is 0 Å². The standard InChI is InChI=1S/C13H28N2O3/c1-6-10(2)13(4,17)9-14-12(16)15-11(3)7-8-18-5/h10-11,17H,6-9H2,1-5H3,(H2,14,15,16). The fraction of sp³-hybridized carbons (Fsp3) is 0.923. The number of rotatable bonds is 8. The highest BCUT2D eigenvalue weighted by atomic mass is 16.5. The van der Waals surface area contributed by atoms with Gasteiger partial charge in [-0.3, -0.25) is 0 Å². The first-order valence-corrected chi connectivity index (χ1v) is 6.59. The molecule has 0 rings (SSSR count). The van der Waals surface area contributed by atoms with Crippen LogP contribution in [0.15, 0.2) is 0 Å². The number of methoxy groups -OCH3 is 1. The lowest BCUT2D eigenvalue weighted by atomic mass is 9.89. The number of amides is 2. The minimum Gasteiger partial charge on any atom is -0.388 e. The van der Waals surface area contributed by atoms with Gasteiger partial charge in [-0.05, 0) is 26.2 Å². The molecule has 0 spiro atoms. The molecule has 108 valence electrons. The van der Waals surface area contributed by atoms with Gasteiger partial charge in [-0.15, -0.1) is 0 Å². The molecule has 3 atom stereocenters. The minimum absolute atomic E-state index is 0.0542. The monoisotopic (exact) mass is 260 g/mol. The highest BCUT2D eigenvalue weighted by Gasteiger charge is 2.27. The molecule has 5 heteroatoms. The molecule has 2 amide bonds. The van der Waals surface area contributed by atoms with E-state index in [2.05, 4.69) is 10.6 Å². The molecule has 0 heterocycles. The van der Waals surface area contributed by atoms with Gasteiger partial charge in [-0.2, -0.15) is 0 Å². The fourth-order valence-electron chi connectivity index (χ4n) is 1.51. The van der Waals surface area contributed by atoms with Crippen molar-refractivity contribution in [3.8, 4) is 0 Å². The third kappa shape index (κ3) is 6.81. The Balaban J connectivity index is 3.96. The molecular weight excluding hydrogens is 232 g/mol. The molecule has 18 heavy (non-hydrogen) atoms. The zero-order chi connectivity index (χ0) is 14.2. The van der Waals surface area contributed by atoms with Crippen molar-refractivity contribution in [1.29, 1.82) is 0 Å². The maximum Gasteiger partial charge on any atom is 0.315 e. The highest BCUT2D eigenvalue weighted by molar-refractivity contribution is 5.74. The van der Waals surface area contributed by atoms with E-state index in [1.165, 1.54) is 0 Å². The molecular formula is C13H28N2O3. The number of urea groups is 1. The van der Waals surface area contributed by atoms with Gasteiger partial charge in [0.05, 0.1) is 5.60 Å². The van der Waals surface area contributed by atoms with Crippen LogP contribution in [-0.2, 0) is 4.74 Å². The molecule has 0 aliphatic heterocycles. The Morgan fingerprint density at radius 2 is 2.06 bits per heavy atom. The summed E-state index contributed by atoms with van der Waals surface area (Å²) in [6.07, 6.45) is 1.65. The number of carbonyl (C=O) groups excluding carboxylic acids is 1. The average molecular weight is 260 g/mol. The number of hydrogen-bond acceptors (Lipinski definition) is 3. The van der Waals surface area contributed by atoms with Gasteiger partial charge in [-0.25, -0.2) is 4.79 Å². The maximum absolute atomic E-state index is 11.6. The van der Waals surface area contributed by atoms with Gasteiger partial charge in [0.2, 0.25) is 0 Å². The molecule has 5 nitrogen and oxygen atoms in total. The van der Waals surface area contributed by atoms with Crippen LogP contribution in [0.5, 0.6) is 0 Å². The summed E-state index contributed by atoms with van der Waals surface area (Å²) in [7, 11) is 1.64. The predicted octanol–water partition coefficient (Wildman–Crippen LogP) is 1.51. The van der Waals surface area contributed by atoms with Crippen LogP contribution < -0.4 is 10.6 Å². The van der Waals surface area contributed by atoms with Crippen LogP contribution in [0.3, 0.4) is 0 Å². The molecule has 0 radical (unpaired) electrons. The Morgan fingerprint density at radius 3 is 2.56 bits per heavy atom. The van der Waals surface area contributed by atoms with Crippen LogP contribution in [0.2, 0.25) is 0 Å². The Hall–Kier alpha value is -0.810. The first-order valence-electron chi connectivity index (χ1n) is 6.59. The summed E-state index contributed by atoms with van der Waals surface area (Å²) in [5, 5.41) is 15.7. The zero-order valence-corrected chi connectivity index (χ0v) is 12.2. The SMILES string of the molecule is CCC(C)C(C)(O)CNC(=O)NC(C)CCOC. The molecule has 0 aromatic heterocycles. The molecule has 0 aliphatic carbocycles. The van der Waals surface area contributed by atoms with Crippen molar-refractivity contribution < 1.29 is 14.6 Å². The number of carbonyl (C=O) groups is 1. The van der Waals surface area contributed by atoms with Crippen molar-refractivity contribution >= 4 is 6.03 Å². The summed E-state index contributed by atoms with van der Waals surface area (Å²) in [6, 6.07) is -0.194. The largest absolute Gasteiger partial charge is 0.388 e. The van der Waals surface area contributed by atoms with Crippen LogP contribution >= 0.6 is 0 Å². The van der Waals surface area contributed by atoms with Crippen molar-refractivity contribution in [2.75, 3.05) is 20.3 Å². The van der Waals surface area contributed by atoms with E-state index in [1.54, 1.807) is 14.0 Å². The third-order valence-electron chi connectivity index (χ3n) is 3.41. The Labute approximate surface area is 110 Å². The second-order valence-corrected chi connectivity index (χ2v) is 5.18. The fourth-order valence-corrected chi connectivity index (χ4v) is 1.51. The highest BCUT2D eigenvalue weighted by Crippen LogP contribution is 2.18. The van der Waals surface area contributed by atoms with Gasteiger partial charge in [0.1, 0.15) is 0 Å². The van der Waals surface area contributed by atoms with Crippen molar-refractivity contribution in [2.24, 2.45) is 5.92 Å². The summed E-state index contributed by atoms with van der Waals surface area (Å²) in [4.78, 5) is 11.6. The summed E-state index contributed by atoms with van der Waals surface area (Å²) in [6.45, 7) is 8.53. The number of aliphatic hydroxyl groups is 1. The van der Waals surface area contributed by atoms with Crippen molar-refractivity contribution in [2.45, 2.75) is 52.2 Å². The molecule has 3 unspecified atom stereocenters. The second kappa shape index (κ2) is 8.32. The molecule has 0 aromatic carbocycles. The number of hydrogen-bond donors (Lipinski definition) is 3. The Bertz CT molecular complexity index is 244. The Morgan fingerprint density at radius 1 is 1.44 bits per heavy atom. The lowest BCUT2D eigenvalue weighted by Gasteiger charge is -2.30. The summed E-state index contributed by atoms with van der Waals surface area (Å²) in [5.74, 6) is 0.142. The number of ether oxygens (including phenoxy) is 1. The molecule has 0 saturated heterocycles. The second-order valence-electron chi connectivity index (χ2n) is 5.18. The van der Waals surface area contributed by atoms with Crippen LogP contribution in [-0.4, -0.2) is 43.0 Å². The van der Waals surface area contributed by atoms with Gasteiger partial charge >= 0.3 is 6.03 Å². The van der Waals surface area contributed by atoms with Crippen molar-refractivity contribution in [3.63, 3.8) is 0 Å². The smallest absolute Gasteiger partial charge is 0.315 e. The van der Waals surface area contributed by atoms with Crippen molar-refractivity contribution in [3.05, 3.63) is 0 Å². The van der Waals surface area contributed by atoms with E-state index in [0.717, 1.165) is 12.8 Å². The summed E-state index contributed by atoms with van der Waals surface area (Å²) < 4.78 is 4.94. The molecule has 0 bridgehead atoms. The van der Waals surface area contributed by atoms with E-state index in [9.17, 15) is 9.90 Å². The third-order valence-corrected chi connectivity index (χ3v) is 3.41. The molecule has 0 aliphatic rings. The van der Waals surface area contributed by atoms with Crippen LogP contribution in [0.1, 0.15) is 40.5 Å². The molecule has 0 fully saturated rings. The van der Waals surface area contributed by atoms with Gasteiger partial charge < -0.3 is 20.5 Å². The zero-order valence-electron chi connectivity index (χ0n) is 12.2. The normalized spacial score (nSPS) is 17.7. The van der Waals surface area contributed by atoms with E-state index in [4.69, 9.17) is 4.74 Å². The number of nitrogens with one attached hydrogen (secondary N) is 2. The molecule has 0 saturated carbocycles. The molecule has 3 N–H and O–H groups in total.